The molecule has 0 fully saturated rings. The molecule has 0 saturated heterocycles. The number of aromatic nitrogens is 2. The van der Waals surface area contributed by atoms with E-state index in [2.05, 4.69) is 15.4 Å². The van der Waals surface area contributed by atoms with E-state index in [1.54, 1.807) is 18.3 Å². The van der Waals surface area contributed by atoms with Gasteiger partial charge in [0.25, 0.3) is 5.91 Å². The van der Waals surface area contributed by atoms with Gasteiger partial charge in [-0.1, -0.05) is 18.7 Å². The number of benzene rings is 1. The molecular formula is C16H17FN4O2S. The summed E-state index contributed by atoms with van der Waals surface area (Å²) in [4.78, 5) is 16.7. The highest BCUT2D eigenvalue weighted by Gasteiger charge is 2.21. The van der Waals surface area contributed by atoms with Crippen molar-refractivity contribution in [3.63, 3.8) is 0 Å². The molecule has 1 aliphatic heterocycles. The summed E-state index contributed by atoms with van der Waals surface area (Å²) in [6.45, 7) is 3.16. The van der Waals surface area contributed by atoms with Crippen LogP contribution in [-0.4, -0.2) is 39.8 Å². The molecule has 0 bridgehead atoms. The first-order valence-corrected chi connectivity index (χ1v) is 8.63. The normalized spacial score (nSPS) is 13.7. The van der Waals surface area contributed by atoms with E-state index in [0.29, 0.717) is 29.8 Å². The molecule has 0 saturated carbocycles. The predicted octanol–water partition coefficient (Wildman–Crippen LogP) is 2.63. The summed E-state index contributed by atoms with van der Waals surface area (Å²) in [5.74, 6) is 0.554. The molecule has 24 heavy (non-hydrogen) atoms. The van der Waals surface area contributed by atoms with Gasteiger partial charge in [0.1, 0.15) is 5.82 Å². The predicted molar refractivity (Wildman–Crippen MR) is 91.5 cm³/mol. The van der Waals surface area contributed by atoms with Gasteiger partial charge < -0.3 is 4.74 Å². The molecule has 1 aliphatic rings. The summed E-state index contributed by atoms with van der Waals surface area (Å²) in [6.07, 6.45) is 2.44. The van der Waals surface area contributed by atoms with E-state index in [1.807, 2.05) is 6.92 Å². The fourth-order valence-electron chi connectivity index (χ4n) is 2.13. The van der Waals surface area contributed by atoms with Crippen molar-refractivity contribution in [3.8, 4) is 11.4 Å². The lowest BCUT2D eigenvalue weighted by molar-refractivity contribution is 0.0968. The molecule has 0 spiro atoms. The molecule has 1 N–H and O–H groups in total. The first-order valence-electron chi connectivity index (χ1n) is 7.64. The number of hydrogen-bond donors (Lipinski definition) is 1. The number of hydrogen-bond acceptors (Lipinski definition) is 5. The fourth-order valence-corrected chi connectivity index (χ4v) is 2.85. The molecular weight excluding hydrogens is 331 g/mol. The monoisotopic (exact) mass is 348 g/mol. The van der Waals surface area contributed by atoms with E-state index in [1.165, 1.54) is 28.6 Å². The van der Waals surface area contributed by atoms with Crippen LogP contribution in [-0.2, 0) is 0 Å². The molecule has 0 unspecified atom stereocenters. The zero-order valence-electron chi connectivity index (χ0n) is 13.2. The van der Waals surface area contributed by atoms with E-state index in [-0.39, 0.29) is 17.4 Å². The Bertz CT molecular complexity index is 758. The van der Waals surface area contributed by atoms with Crippen molar-refractivity contribution >= 4 is 22.8 Å². The number of nitrogens with one attached hydrogen (secondary N) is 1. The zero-order chi connectivity index (χ0) is 16.9. The minimum Gasteiger partial charge on any atom is -0.489 e. The van der Waals surface area contributed by atoms with Gasteiger partial charge in [-0.3, -0.25) is 15.1 Å². The molecule has 6 nitrogen and oxygen atoms in total. The van der Waals surface area contributed by atoms with E-state index in [4.69, 9.17) is 4.74 Å². The molecule has 1 amide bonds. The van der Waals surface area contributed by atoms with Crippen LogP contribution >= 0.6 is 11.8 Å². The maximum Gasteiger partial charge on any atom is 0.281 e. The number of thioether (sulfide) groups is 1. The van der Waals surface area contributed by atoms with Crippen LogP contribution in [0.25, 0.3) is 5.69 Å². The third-order valence-corrected chi connectivity index (χ3v) is 4.15. The van der Waals surface area contributed by atoms with Crippen LogP contribution in [0.1, 0.15) is 23.8 Å². The van der Waals surface area contributed by atoms with Gasteiger partial charge in [-0.05, 0) is 30.7 Å². The second-order valence-corrected chi connectivity index (χ2v) is 6.18. The van der Waals surface area contributed by atoms with Crippen LogP contribution < -0.4 is 10.1 Å². The first kappa shape index (κ1) is 16.5. The van der Waals surface area contributed by atoms with Crippen LogP contribution in [0, 0.1) is 5.82 Å². The Hall–Kier alpha value is -2.35. The largest absolute Gasteiger partial charge is 0.489 e. The van der Waals surface area contributed by atoms with Gasteiger partial charge in [-0.15, -0.1) is 0 Å². The van der Waals surface area contributed by atoms with Crippen LogP contribution in [0.15, 0.2) is 35.5 Å². The lowest BCUT2D eigenvalue weighted by Gasteiger charge is -2.05. The molecule has 1 aromatic heterocycles. The van der Waals surface area contributed by atoms with Crippen molar-refractivity contribution in [2.24, 2.45) is 4.99 Å². The number of halogens is 1. The summed E-state index contributed by atoms with van der Waals surface area (Å²) in [6, 6.07) is 5.86. The van der Waals surface area contributed by atoms with Gasteiger partial charge >= 0.3 is 0 Å². The average molecular weight is 348 g/mol. The minimum absolute atomic E-state index is 0.183. The average Bonchev–Trinajstić information content (AvgIpc) is 3.23. The zero-order valence-corrected chi connectivity index (χ0v) is 14.0. The summed E-state index contributed by atoms with van der Waals surface area (Å²) in [5.41, 5.74) is 0.826. The topological polar surface area (TPSA) is 68.5 Å². The van der Waals surface area contributed by atoms with E-state index >= 15 is 0 Å². The van der Waals surface area contributed by atoms with Crippen LogP contribution in [0.3, 0.4) is 0 Å². The molecule has 2 aromatic rings. The SMILES string of the molecule is CCCOc1cn(-c2ccc(F)cc2)nc1C(=O)NC1=NCCS1. The number of carbonyl (C=O) groups is 1. The Kier molecular flexibility index (Phi) is 5.14. The Morgan fingerprint density at radius 3 is 2.88 bits per heavy atom. The Morgan fingerprint density at radius 1 is 1.42 bits per heavy atom. The molecule has 126 valence electrons. The number of rotatable bonds is 5. The third kappa shape index (κ3) is 3.76. The fraction of sp³-hybridized carbons (Fsp3) is 0.312. The van der Waals surface area contributed by atoms with Crippen molar-refractivity contribution in [2.45, 2.75) is 13.3 Å². The second kappa shape index (κ2) is 7.48. The van der Waals surface area contributed by atoms with Crippen LogP contribution in [0.2, 0.25) is 0 Å². The van der Waals surface area contributed by atoms with Gasteiger partial charge in [0.05, 0.1) is 25.0 Å². The highest BCUT2D eigenvalue weighted by molar-refractivity contribution is 8.14. The highest BCUT2D eigenvalue weighted by atomic mass is 32.2. The molecule has 0 aliphatic carbocycles. The number of amides is 1. The lowest BCUT2D eigenvalue weighted by atomic mass is 10.3. The third-order valence-electron chi connectivity index (χ3n) is 3.25. The molecule has 0 radical (unpaired) electrons. The molecule has 0 atom stereocenters. The lowest BCUT2D eigenvalue weighted by Crippen LogP contribution is -2.28. The first-order chi connectivity index (χ1) is 11.7. The van der Waals surface area contributed by atoms with Gasteiger partial charge in [-0.2, -0.15) is 5.10 Å². The Morgan fingerprint density at radius 2 is 2.21 bits per heavy atom. The summed E-state index contributed by atoms with van der Waals surface area (Å²) in [7, 11) is 0. The van der Waals surface area contributed by atoms with Crippen molar-refractivity contribution in [1.29, 1.82) is 0 Å². The van der Waals surface area contributed by atoms with Gasteiger partial charge in [0.15, 0.2) is 16.6 Å². The van der Waals surface area contributed by atoms with Crippen molar-refractivity contribution in [2.75, 3.05) is 18.9 Å². The number of carbonyl (C=O) groups excluding carboxylic acids is 1. The quantitative estimate of drug-likeness (QED) is 0.902. The van der Waals surface area contributed by atoms with Crippen molar-refractivity contribution in [3.05, 3.63) is 42.0 Å². The molecule has 3 rings (SSSR count). The number of nitrogens with zero attached hydrogens (tertiary/aromatic N) is 3. The molecule has 8 heteroatoms. The van der Waals surface area contributed by atoms with Gasteiger partial charge in [-0.25, -0.2) is 9.07 Å². The summed E-state index contributed by atoms with van der Waals surface area (Å²) < 4.78 is 20.2. The number of amidine groups is 1. The molecule has 2 heterocycles. The van der Waals surface area contributed by atoms with E-state index < -0.39 is 0 Å². The Balaban J connectivity index is 1.87. The summed E-state index contributed by atoms with van der Waals surface area (Å²) >= 11 is 1.49. The maximum absolute atomic E-state index is 13.1. The summed E-state index contributed by atoms with van der Waals surface area (Å²) in [5, 5.41) is 7.64. The van der Waals surface area contributed by atoms with E-state index in [9.17, 15) is 9.18 Å². The number of ether oxygens (including phenoxy) is 1. The smallest absolute Gasteiger partial charge is 0.281 e. The van der Waals surface area contributed by atoms with Gasteiger partial charge in [0, 0.05) is 5.75 Å². The van der Waals surface area contributed by atoms with Crippen LogP contribution in [0.4, 0.5) is 4.39 Å². The minimum atomic E-state index is -0.366. The maximum atomic E-state index is 13.1. The Labute approximate surface area is 143 Å². The highest BCUT2D eigenvalue weighted by Crippen LogP contribution is 2.21. The second-order valence-electron chi connectivity index (χ2n) is 5.10. The van der Waals surface area contributed by atoms with E-state index in [0.717, 1.165) is 12.2 Å². The van der Waals surface area contributed by atoms with Crippen molar-refractivity contribution in [1.82, 2.24) is 15.1 Å². The van der Waals surface area contributed by atoms with Crippen molar-refractivity contribution < 1.29 is 13.9 Å². The number of aliphatic imine (C=N–C) groups is 1. The standard InChI is InChI=1S/C16H17FN4O2S/c1-2-8-23-13-10-21(12-5-3-11(17)4-6-12)20-14(13)15(22)19-16-18-7-9-24-16/h3-6,10H,2,7-9H2,1H3,(H,18,19,22). The molecule has 1 aromatic carbocycles. The van der Waals surface area contributed by atoms with Gasteiger partial charge in [0.2, 0.25) is 0 Å². The van der Waals surface area contributed by atoms with Crippen LogP contribution in [0.5, 0.6) is 5.75 Å².